The van der Waals surface area contributed by atoms with Crippen molar-refractivity contribution >= 4 is 28.9 Å². The molecule has 2 atom stereocenters. The Kier molecular flexibility index (Phi) is 3.42. The Bertz CT molecular complexity index is 340. The molecule has 0 aromatic heterocycles. The van der Waals surface area contributed by atoms with Gasteiger partial charge in [-0.15, -0.1) is 23.2 Å². The highest BCUT2D eigenvalue weighted by molar-refractivity contribution is 6.19. The number of alkyl halides is 2. The summed E-state index contributed by atoms with van der Waals surface area (Å²) in [4.78, 5) is 2.33. The smallest absolute Gasteiger partial charge is 0.0492 e. The molecule has 0 radical (unpaired) electrons. The van der Waals surface area contributed by atoms with Crippen molar-refractivity contribution in [2.75, 3.05) is 23.2 Å². The minimum atomic E-state index is 0.391. The van der Waals surface area contributed by atoms with E-state index >= 15 is 0 Å². The molecule has 0 bridgehead atoms. The van der Waals surface area contributed by atoms with Crippen molar-refractivity contribution in [2.24, 2.45) is 0 Å². The van der Waals surface area contributed by atoms with Crippen LogP contribution in [0.5, 0.6) is 0 Å². The third-order valence-electron chi connectivity index (χ3n) is 3.20. The first kappa shape index (κ1) is 11.1. The molecule has 1 aromatic rings. The van der Waals surface area contributed by atoms with Crippen LogP contribution in [0.3, 0.4) is 0 Å². The summed E-state index contributed by atoms with van der Waals surface area (Å²) >= 11 is 11.9. The Morgan fingerprint density at radius 2 is 2.00 bits per heavy atom. The summed E-state index contributed by atoms with van der Waals surface area (Å²) in [5.41, 5.74) is 2.70. The molecule has 15 heavy (non-hydrogen) atoms. The summed E-state index contributed by atoms with van der Waals surface area (Å²) in [5.74, 6) is 1.81. The largest absolute Gasteiger partial charge is 0.365 e. The molecule has 0 saturated carbocycles. The lowest BCUT2D eigenvalue weighted by atomic mass is 9.98. The van der Waals surface area contributed by atoms with Crippen LogP contribution in [0.2, 0.25) is 0 Å². The van der Waals surface area contributed by atoms with Crippen molar-refractivity contribution in [3.63, 3.8) is 0 Å². The van der Waals surface area contributed by atoms with Gasteiger partial charge in [-0.1, -0.05) is 25.1 Å². The molecule has 0 amide bonds. The Morgan fingerprint density at radius 1 is 1.27 bits per heavy atom. The van der Waals surface area contributed by atoms with Crippen molar-refractivity contribution in [2.45, 2.75) is 18.9 Å². The molecule has 2 unspecified atom stereocenters. The Morgan fingerprint density at radius 3 is 2.67 bits per heavy atom. The normalized spacial score (nSPS) is 24.3. The number of anilines is 1. The summed E-state index contributed by atoms with van der Waals surface area (Å²) in [7, 11) is 0. The average molecular weight is 244 g/mol. The maximum atomic E-state index is 6.04. The second-order valence-electron chi connectivity index (χ2n) is 3.95. The van der Waals surface area contributed by atoms with Crippen LogP contribution in [0.1, 0.15) is 18.4 Å². The van der Waals surface area contributed by atoms with Gasteiger partial charge in [0.1, 0.15) is 0 Å². The Labute approximate surface area is 101 Å². The first-order valence-corrected chi connectivity index (χ1v) is 6.34. The van der Waals surface area contributed by atoms with E-state index in [1.54, 1.807) is 0 Å². The van der Waals surface area contributed by atoms with Gasteiger partial charge in [-0.2, -0.15) is 0 Å². The topological polar surface area (TPSA) is 3.24 Å². The lowest BCUT2D eigenvalue weighted by molar-refractivity contribution is 0.609. The highest BCUT2D eigenvalue weighted by Gasteiger charge is 2.34. The third-order valence-corrected chi connectivity index (χ3v) is 3.68. The zero-order chi connectivity index (χ0) is 10.8. The summed E-state index contributed by atoms with van der Waals surface area (Å²) < 4.78 is 0. The Balaban J connectivity index is 2.36. The van der Waals surface area contributed by atoms with Crippen LogP contribution in [0.4, 0.5) is 5.69 Å². The number of hydrogen-bond donors (Lipinski definition) is 0. The number of rotatable bonds is 3. The molecule has 1 aromatic carbocycles. The van der Waals surface area contributed by atoms with Crippen LogP contribution >= 0.6 is 23.2 Å². The molecule has 2 rings (SSSR count). The van der Waals surface area contributed by atoms with E-state index < -0.39 is 0 Å². The molecule has 1 nitrogen and oxygen atoms in total. The van der Waals surface area contributed by atoms with Crippen molar-refractivity contribution in [1.82, 2.24) is 0 Å². The predicted octanol–water partition coefficient (Wildman–Crippen LogP) is 3.46. The number of fused-ring (bicyclic) bond motifs is 1. The van der Waals surface area contributed by atoms with Gasteiger partial charge in [-0.25, -0.2) is 0 Å². The molecule has 0 aliphatic carbocycles. The van der Waals surface area contributed by atoms with Gasteiger partial charge in [0.05, 0.1) is 0 Å². The maximum Gasteiger partial charge on any atom is 0.0492 e. The van der Waals surface area contributed by atoms with Crippen LogP contribution < -0.4 is 4.90 Å². The first-order valence-electron chi connectivity index (χ1n) is 5.27. The molecule has 82 valence electrons. The zero-order valence-corrected chi connectivity index (χ0v) is 10.3. The van der Waals surface area contributed by atoms with E-state index in [0.717, 1.165) is 6.54 Å². The lowest BCUT2D eigenvalue weighted by Gasteiger charge is -2.27. The summed E-state index contributed by atoms with van der Waals surface area (Å²) in [6.07, 6.45) is 0. The van der Waals surface area contributed by atoms with Gasteiger partial charge in [0.2, 0.25) is 0 Å². The molecule has 0 saturated heterocycles. The molecule has 0 N–H and O–H groups in total. The quantitative estimate of drug-likeness (QED) is 0.736. The van der Waals surface area contributed by atoms with Gasteiger partial charge in [-0.05, 0) is 11.6 Å². The second-order valence-corrected chi connectivity index (χ2v) is 4.64. The average Bonchev–Trinajstić information content (AvgIpc) is 2.54. The second kappa shape index (κ2) is 4.63. The van der Waals surface area contributed by atoms with E-state index in [9.17, 15) is 0 Å². The number of para-hydroxylation sites is 1. The predicted molar refractivity (Wildman–Crippen MR) is 67.4 cm³/mol. The molecule has 0 fully saturated rings. The Hall–Kier alpha value is -0.400. The van der Waals surface area contributed by atoms with E-state index in [0.29, 0.717) is 23.7 Å². The van der Waals surface area contributed by atoms with Crippen molar-refractivity contribution in [3.05, 3.63) is 29.8 Å². The fourth-order valence-corrected chi connectivity index (χ4v) is 3.00. The molecule has 0 spiro atoms. The molecular weight excluding hydrogens is 229 g/mol. The first-order chi connectivity index (χ1) is 7.29. The highest BCUT2D eigenvalue weighted by Crippen LogP contribution is 2.40. The fourth-order valence-electron chi connectivity index (χ4n) is 2.38. The number of hydrogen-bond acceptors (Lipinski definition) is 1. The van der Waals surface area contributed by atoms with Crippen LogP contribution in [-0.2, 0) is 0 Å². The zero-order valence-electron chi connectivity index (χ0n) is 8.79. The number of halogens is 2. The molecule has 1 heterocycles. The van der Waals surface area contributed by atoms with Crippen molar-refractivity contribution in [3.8, 4) is 0 Å². The SMILES string of the molecule is CC1c2ccccc2N(CCCl)C1CCl. The van der Waals surface area contributed by atoms with Crippen LogP contribution in [0, 0.1) is 0 Å². The van der Waals surface area contributed by atoms with E-state index in [1.807, 2.05) is 0 Å². The fraction of sp³-hybridized carbons (Fsp3) is 0.500. The summed E-state index contributed by atoms with van der Waals surface area (Å²) in [6, 6.07) is 8.90. The lowest BCUT2D eigenvalue weighted by Crippen LogP contribution is -2.36. The van der Waals surface area contributed by atoms with Gasteiger partial charge in [0, 0.05) is 36.0 Å². The van der Waals surface area contributed by atoms with Crippen molar-refractivity contribution < 1.29 is 0 Å². The van der Waals surface area contributed by atoms with Crippen LogP contribution in [-0.4, -0.2) is 24.3 Å². The third kappa shape index (κ3) is 1.83. The van der Waals surface area contributed by atoms with Gasteiger partial charge >= 0.3 is 0 Å². The standard InChI is InChI=1S/C12H15Cl2N/c1-9-10-4-2-3-5-11(10)15(7-6-13)12(9)8-14/h2-5,9,12H,6-8H2,1H3. The minimum Gasteiger partial charge on any atom is -0.365 e. The number of nitrogens with zero attached hydrogens (tertiary/aromatic N) is 1. The summed E-state index contributed by atoms with van der Waals surface area (Å²) in [6.45, 7) is 3.11. The minimum absolute atomic E-state index is 0.391. The van der Waals surface area contributed by atoms with Gasteiger partial charge in [0.15, 0.2) is 0 Å². The molecule has 1 aliphatic rings. The van der Waals surface area contributed by atoms with Gasteiger partial charge in [0.25, 0.3) is 0 Å². The van der Waals surface area contributed by atoms with Gasteiger partial charge < -0.3 is 4.90 Å². The monoisotopic (exact) mass is 243 g/mol. The van der Waals surface area contributed by atoms with E-state index in [2.05, 4.69) is 36.1 Å². The number of benzene rings is 1. The van der Waals surface area contributed by atoms with Crippen LogP contribution in [0.15, 0.2) is 24.3 Å². The van der Waals surface area contributed by atoms with E-state index in [4.69, 9.17) is 23.2 Å². The highest BCUT2D eigenvalue weighted by atomic mass is 35.5. The van der Waals surface area contributed by atoms with Gasteiger partial charge in [-0.3, -0.25) is 0 Å². The molecule has 1 aliphatic heterocycles. The summed E-state index contributed by atoms with van der Waals surface area (Å²) in [5, 5.41) is 0. The van der Waals surface area contributed by atoms with Crippen LogP contribution in [0.25, 0.3) is 0 Å². The molecule has 3 heteroatoms. The van der Waals surface area contributed by atoms with E-state index in [1.165, 1.54) is 11.3 Å². The van der Waals surface area contributed by atoms with Crippen molar-refractivity contribution in [1.29, 1.82) is 0 Å². The van der Waals surface area contributed by atoms with E-state index in [-0.39, 0.29) is 0 Å². The maximum absolute atomic E-state index is 6.04. The molecular formula is C12H15Cl2N.